The Kier molecular flexibility index (Phi) is 4.80. The first kappa shape index (κ1) is 17.3. The first-order valence-corrected chi connectivity index (χ1v) is 9.64. The van der Waals surface area contributed by atoms with Gasteiger partial charge in [0, 0.05) is 18.6 Å². The monoisotopic (exact) mass is 344 g/mol. The molecule has 0 unspecified atom stereocenters. The standard InChI is InChI=1S/C24H28N2/c1-25-24(15-16-24)22-12-10-19(11-13-22)18-26(2)17-14-21-8-5-7-20-6-3-4-9-23(20)21/h3-13,25H,14-18H2,1-2H3. The number of nitrogens with zero attached hydrogens (tertiary/aromatic N) is 1. The van der Waals surface area contributed by atoms with Crippen LogP contribution in [0.4, 0.5) is 0 Å². The van der Waals surface area contributed by atoms with Gasteiger partial charge in [-0.15, -0.1) is 0 Å². The van der Waals surface area contributed by atoms with Crippen LogP contribution in [0.15, 0.2) is 66.7 Å². The molecule has 0 spiro atoms. The van der Waals surface area contributed by atoms with Crippen LogP contribution in [-0.2, 0) is 18.5 Å². The molecular weight excluding hydrogens is 316 g/mol. The van der Waals surface area contributed by atoms with E-state index >= 15 is 0 Å². The second-order valence-corrected chi connectivity index (χ2v) is 7.66. The maximum absolute atomic E-state index is 3.47. The smallest absolute Gasteiger partial charge is 0.0433 e. The molecule has 4 rings (SSSR count). The largest absolute Gasteiger partial charge is 0.310 e. The van der Waals surface area contributed by atoms with Crippen molar-refractivity contribution in [1.82, 2.24) is 10.2 Å². The Morgan fingerprint density at radius 1 is 0.923 bits per heavy atom. The Bertz CT molecular complexity index is 873. The van der Waals surface area contributed by atoms with Crippen molar-refractivity contribution < 1.29 is 0 Å². The van der Waals surface area contributed by atoms with Gasteiger partial charge in [0.15, 0.2) is 0 Å². The molecule has 2 nitrogen and oxygen atoms in total. The molecule has 26 heavy (non-hydrogen) atoms. The van der Waals surface area contributed by atoms with Crippen LogP contribution in [0.5, 0.6) is 0 Å². The number of nitrogens with one attached hydrogen (secondary N) is 1. The first-order chi connectivity index (χ1) is 12.7. The number of benzene rings is 3. The van der Waals surface area contributed by atoms with Crippen LogP contribution in [0.3, 0.4) is 0 Å². The van der Waals surface area contributed by atoms with E-state index in [1.165, 1.54) is 40.3 Å². The number of hydrogen-bond donors (Lipinski definition) is 1. The minimum atomic E-state index is 0.263. The fourth-order valence-electron chi connectivity index (χ4n) is 3.95. The van der Waals surface area contributed by atoms with E-state index in [1.807, 2.05) is 0 Å². The highest BCUT2D eigenvalue weighted by Gasteiger charge is 2.42. The van der Waals surface area contributed by atoms with Gasteiger partial charge < -0.3 is 10.2 Å². The summed E-state index contributed by atoms with van der Waals surface area (Å²) >= 11 is 0. The lowest BCUT2D eigenvalue weighted by Gasteiger charge is -2.19. The first-order valence-electron chi connectivity index (χ1n) is 9.64. The molecule has 134 valence electrons. The highest BCUT2D eigenvalue weighted by molar-refractivity contribution is 5.85. The fourth-order valence-corrected chi connectivity index (χ4v) is 3.95. The van der Waals surface area contributed by atoms with Crippen molar-refractivity contribution in [2.24, 2.45) is 0 Å². The van der Waals surface area contributed by atoms with Crippen LogP contribution < -0.4 is 5.32 Å². The summed E-state index contributed by atoms with van der Waals surface area (Å²) in [6.07, 6.45) is 3.60. The van der Waals surface area contributed by atoms with Crippen molar-refractivity contribution in [3.63, 3.8) is 0 Å². The Balaban J connectivity index is 1.37. The van der Waals surface area contributed by atoms with Crippen LogP contribution in [-0.4, -0.2) is 25.5 Å². The lowest BCUT2D eigenvalue weighted by Crippen LogP contribution is -2.24. The summed E-state index contributed by atoms with van der Waals surface area (Å²) in [6, 6.07) is 24.5. The molecule has 0 amide bonds. The molecule has 0 heterocycles. The molecule has 3 aromatic carbocycles. The van der Waals surface area contributed by atoms with Gasteiger partial charge >= 0.3 is 0 Å². The van der Waals surface area contributed by atoms with Crippen molar-refractivity contribution in [2.45, 2.75) is 31.3 Å². The maximum atomic E-state index is 3.47. The number of rotatable bonds is 7. The molecule has 1 aliphatic rings. The normalized spacial score (nSPS) is 15.5. The molecule has 1 fully saturated rings. The summed E-state index contributed by atoms with van der Waals surface area (Å²) in [5.74, 6) is 0. The van der Waals surface area contributed by atoms with Crippen molar-refractivity contribution in [1.29, 1.82) is 0 Å². The Labute approximate surface area is 156 Å². The van der Waals surface area contributed by atoms with E-state index in [0.717, 1.165) is 19.5 Å². The van der Waals surface area contributed by atoms with E-state index < -0.39 is 0 Å². The van der Waals surface area contributed by atoms with Gasteiger partial charge in [0.25, 0.3) is 0 Å². The number of fused-ring (bicyclic) bond motifs is 1. The molecule has 0 saturated heterocycles. The third-order valence-electron chi connectivity index (χ3n) is 5.83. The van der Waals surface area contributed by atoms with Gasteiger partial charge in [0.05, 0.1) is 0 Å². The second kappa shape index (κ2) is 7.22. The molecule has 0 aliphatic heterocycles. The lowest BCUT2D eigenvalue weighted by molar-refractivity contribution is 0.331. The Hall–Kier alpha value is -2.16. The average molecular weight is 345 g/mol. The van der Waals surface area contributed by atoms with E-state index in [4.69, 9.17) is 0 Å². The van der Waals surface area contributed by atoms with Gasteiger partial charge in [0.2, 0.25) is 0 Å². The van der Waals surface area contributed by atoms with Gasteiger partial charge in [-0.1, -0.05) is 66.7 Å². The summed E-state index contributed by atoms with van der Waals surface area (Å²) in [5.41, 5.74) is 4.52. The van der Waals surface area contributed by atoms with Gasteiger partial charge in [-0.25, -0.2) is 0 Å². The number of hydrogen-bond acceptors (Lipinski definition) is 2. The molecule has 1 N–H and O–H groups in total. The molecule has 1 aliphatic carbocycles. The van der Waals surface area contributed by atoms with Gasteiger partial charge in [-0.05, 0) is 60.8 Å². The van der Waals surface area contributed by atoms with Crippen LogP contribution >= 0.6 is 0 Å². The van der Waals surface area contributed by atoms with Gasteiger partial charge in [0.1, 0.15) is 0 Å². The van der Waals surface area contributed by atoms with E-state index in [9.17, 15) is 0 Å². The quantitative estimate of drug-likeness (QED) is 0.667. The zero-order chi connectivity index (χ0) is 18.0. The minimum Gasteiger partial charge on any atom is -0.310 e. The Morgan fingerprint density at radius 3 is 2.38 bits per heavy atom. The van der Waals surface area contributed by atoms with E-state index in [2.05, 4.69) is 91.0 Å². The lowest BCUT2D eigenvalue weighted by atomic mass is 10.0. The van der Waals surface area contributed by atoms with E-state index in [-0.39, 0.29) is 5.54 Å². The third kappa shape index (κ3) is 3.53. The van der Waals surface area contributed by atoms with Crippen LogP contribution in [0.1, 0.15) is 29.5 Å². The zero-order valence-corrected chi connectivity index (χ0v) is 15.8. The van der Waals surface area contributed by atoms with Crippen molar-refractivity contribution in [3.05, 3.63) is 83.4 Å². The highest BCUT2D eigenvalue weighted by atomic mass is 15.1. The van der Waals surface area contributed by atoms with Crippen molar-refractivity contribution in [2.75, 3.05) is 20.6 Å². The summed E-state index contributed by atoms with van der Waals surface area (Å²) in [7, 11) is 4.29. The van der Waals surface area contributed by atoms with Crippen molar-refractivity contribution >= 4 is 10.8 Å². The molecule has 0 radical (unpaired) electrons. The molecule has 2 heteroatoms. The predicted octanol–water partition coefficient (Wildman–Crippen LogP) is 4.72. The second-order valence-electron chi connectivity index (χ2n) is 7.66. The fraction of sp³-hybridized carbons (Fsp3) is 0.333. The molecule has 0 bridgehead atoms. The van der Waals surface area contributed by atoms with Crippen LogP contribution in [0.2, 0.25) is 0 Å². The summed E-state index contributed by atoms with van der Waals surface area (Å²) in [4.78, 5) is 2.42. The maximum Gasteiger partial charge on any atom is 0.0433 e. The summed E-state index contributed by atoms with van der Waals surface area (Å²) < 4.78 is 0. The minimum absolute atomic E-state index is 0.263. The van der Waals surface area contributed by atoms with Crippen molar-refractivity contribution in [3.8, 4) is 0 Å². The SMILES string of the molecule is CNC1(c2ccc(CN(C)CCc3cccc4ccccc34)cc2)CC1. The Morgan fingerprint density at radius 2 is 1.65 bits per heavy atom. The molecular formula is C24H28N2. The average Bonchev–Trinajstić information content (AvgIpc) is 3.48. The molecule has 3 aromatic rings. The van der Waals surface area contributed by atoms with E-state index in [1.54, 1.807) is 0 Å². The van der Waals surface area contributed by atoms with Crippen LogP contribution in [0.25, 0.3) is 10.8 Å². The van der Waals surface area contributed by atoms with Crippen LogP contribution in [0, 0.1) is 0 Å². The van der Waals surface area contributed by atoms with Gasteiger partial charge in [-0.3, -0.25) is 0 Å². The predicted molar refractivity (Wildman–Crippen MR) is 110 cm³/mol. The zero-order valence-electron chi connectivity index (χ0n) is 15.8. The highest BCUT2D eigenvalue weighted by Crippen LogP contribution is 2.44. The van der Waals surface area contributed by atoms with Gasteiger partial charge in [-0.2, -0.15) is 0 Å². The molecule has 0 atom stereocenters. The molecule has 0 aromatic heterocycles. The molecule has 1 saturated carbocycles. The topological polar surface area (TPSA) is 15.3 Å². The third-order valence-corrected chi connectivity index (χ3v) is 5.83. The summed E-state index contributed by atoms with van der Waals surface area (Å²) in [6.45, 7) is 2.06. The summed E-state index contributed by atoms with van der Waals surface area (Å²) in [5, 5.41) is 6.19. The number of likely N-dealkylation sites (N-methyl/N-ethyl adjacent to an activating group) is 1. The van der Waals surface area contributed by atoms with E-state index in [0.29, 0.717) is 0 Å².